The fourth-order valence-electron chi connectivity index (χ4n) is 3.39. The molecule has 0 aliphatic heterocycles. The van der Waals surface area contributed by atoms with Gasteiger partial charge in [-0.25, -0.2) is 9.36 Å². The highest BCUT2D eigenvalue weighted by atomic mass is 16.5. The van der Waals surface area contributed by atoms with Crippen LogP contribution in [0.25, 0.3) is 0 Å². The number of ether oxygens (including phenoxy) is 1. The van der Waals surface area contributed by atoms with Gasteiger partial charge >= 0.3 is 0 Å². The first kappa shape index (κ1) is 20.8. The number of rotatable bonds is 9. The molecule has 1 N–H and O–H groups in total. The molecule has 0 bridgehead atoms. The molecule has 2 aromatic heterocycles. The molecular formula is C21H24N8O2. The van der Waals surface area contributed by atoms with Crippen molar-refractivity contribution in [3.8, 4) is 0 Å². The summed E-state index contributed by atoms with van der Waals surface area (Å²) in [4.78, 5) is 0. The zero-order valence-corrected chi connectivity index (χ0v) is 17.4. The molecule has 10 nitrogen and oxygen atoms in total. The smallest absolute Gasteiger partial charge is 0.182 e. The van der Waals surface area contributed by atoms with Crippen LogP contribution in [0.2, 0.25) is 0 Å². The third-order valence-electron chi connectivity index (χ3n) is 5.18. The predicted octanol–water partition coefficient (Wildman–Crippen LogP) is 2.13. The van der Waals surface area contributed by atoms with E-state index >= 15 is 0 Å². The lowest BCUT2D eigenvalue weighted by atomic mass is 10.1. The van der Waals surface area contributed by atoms with Crippen molar-refractivity contribution in [1.29, 1.82) is 0 Å². The molecular weight excluding hydrogens is 396 g/mol. The van der Waals surface area contributed by atoms with Gasteiger partial charge < -0.3 is 9.84 Å². The van der Waals surface area contributed by atoms with Crippen LogP contribution in [0.1, 0.15) is 54.8 Å². The normalized spacial score (nSPS) is 14.3. The number of hydrogen-bond donors (Lipinski definition) is 1. The number of aliphatic hydroxyl groups is 1. The van der Waals surface area contributed by atoms with Crippen LogP contribution in [0, 0.1) is 0 Å². The zero-order chi connectivity index (χ0) is 21.6. The molecule has 0 radical (unpaired) electrons. The highest BCUT2D eigenvalue weighted by molar-refractivity contribution is 5.20. The summed E-state index contributed by atoms with van der Waals surface area (Å²) in [7, 11) is 0. The Kier molecular flexibility index (Phi) is 6.39. The van der Waals surface area contributed by atoms with Crippen molar-refractivity contribution in [1.82, 2.24) is 40.4 Å². The fourth-order valence-corrected chi connectivity index (χ4v) is 3.39. The van der Waals surface area contributed by atoms with Gasteiger partial charge in [0.15, 0.2) is 11.6 Å². The van der Waals surface area contributed by atoms with E-state index in [2.05, 4.69) is 31.1 Å². The molecule has 10 heteroatoms. The topological polar surface area (TPSA) is 117 Å². The second kappa shape index (κ2) is 9.54. The molecule has 2 aromatic carbocycles. The predicted molar refractivity (Wildman–Crippen MR) is 111 cm³/mol. The minimum atomic E-state index is -0.989. The van der Waals surface area contributed by atoms with Gasteiger partial charge in [-0.05, 0) is 45.8 Å². The Bertz CT molecular complexity index is 1080. The van der Waals surface area contributed by atoms with Crippen molar-refractivity contribution in [2.24, 2.45) is 0 Å². The molecule has 2 heterocycles. The molecule has 4 rings (SSSR count). The molecule has 3 unspecified atom stereocenters. The monoisotopic (exact) mass is 420 g/mol. The molecule has 0 fully saturated rings. The molecule has 160 valence electrons. The van der Waals surface area contributed by atoms with Gasteiger partial charge in [-0.1, -0.05) is 60.7 Å². The highest BCUT2D eigenvalue weighted by Crippen LogP contribution is 2.21. The number of benzene rings is 2. The van der Waals surface area contributed by atoms with Crippen LogP contribution in [-0.4, -0.2) is 52.1 Å². The van der Waals surface area contributed by atoms with Crippen LogP contribution in [0.4, 0.5) is 0 Å². The maximum absolute atomic E-state index is 10.6. The summed E-state index contributed by atoms with van der Waals surface area (Å²) in [6, 6.07) is 19.6. The number of aliphatic hydroxyl groups excluding tert-OH is 1. The van der Waals surface area contributed by atoms with E-state index in [4.69, 9.17) is 4.74 Å². The Morgan fingerprint density at radius 2 is 1.35 bits per heavy atom. The lowest BCUT2D eigenvalue weighted by Gasteiger charge is -2.17. The quantitative estimate of drug-likeness (QED) is 0.438. The average Bonchev–Trinajstić information content (AvgIpc) is 3.49. The number of aromatic nitrogens is 8. The van der Waals surface area contributed by atoms with Gasteiger partial charge in [-0.3, -0.25) is 0 Å². The van der Waals surface area contributed by atoms with Crippen molar-refractivity contribution in [2.45, 2.75) is 38.6 Å². The van der Waals surface area contributed by atoms with E-state index in [1.165, 1.54) is 0 Å². The van der Waals surface area contributed by atoms with E-state index in [0.29, 0.717) is 11.6 Å². The average molecular weight is 420 g/mol. The third-order valence-corrected chi connectivity index (χ3v) is 5.18. The molecule has 0 aliphatic rings. The first-order valence-electron chi connectivity index (χ1n) is 10.1. The van der Waals surface area contributed by atoms with E-state index in [0.717, 1.165) is 11.1 Å². The first-order chi connectivity index (χ1) is 15.1. The van der Waals surface area contributed by atoms with Crippen molar-refractivity contribution in [2.75, 3.05) is 6.61 Å². The van der Waals surface area contributed by atoms with E-state index < -0.39 is 6.10 Å². The fraction of sp³-hybridized carbons (Fsp3) is 0.333. The lowest BCUT2D eigenvalue weighted by Crippen LogP contribution is -2.19. The second-order valence-electron chi connectivity index (χ2n) is 7.23. The van der Waals surface area contributed by atoms with Gasteiger partial charge in [-0.2, -0.15) is 0 Å². The number of tetrazole rings is 2. The first-order valence-corrected chi connectivity index (χ1v) is 10.1. The summed E-state index contributed by atoms with van der Waals surface area (Å²) in [5, 5.41) is 34.3. The standard InChI is InChI=1S/C21H24N8O2/c1-15(17-9-5-3-6-10-17)28-20(22-24-26-28)14-31-13-19(30)21-23-25-27-29(21)16(2)18-11-7-4-8-12-18/h3-12,15-16,19,30H,13-14H2,1-2H3. The number of nitrogens with zero attached hydrogens (tertiary/aromatic N) is 8. The van der Waals surface area contributed by atoms with Gasteiger partial charge in [0.05, 0.1) is 18.7 Å². The molecule has 0 saturated carbocycles. The second-order valence-corrected chi connectivity index (χ2v) is 7.23. The summed E-state index contributed by atoms with van der Waals surface area (Å²) in [5.41, 5.74) is 2.13. The number of hydrogen-bond acceptors (Lipinski definition) is 8. The van der Waals surface area contributed by atoms with E-state index in [1.54, 1.807) is 9.36 Å². The molecule has 4 aromatic rings. The summed E-state index contributed by atoms with van der Waals surface area (Å²) in [6.07, 6.45) is -0.989. The maximum Gasteiger partial charge on any atom is 0.182 e. The Hall–Kier alpha value is -3.50. The zero-order valence-electron chi connectivity index (χ0n) is 17.4. The van der Waals surface area contributed by atoms with E-state index in [-0.39, 0.29) is 25.3 Å². The van der Waals surface area contributed by atoms with Gasteiger partial charge in [0.1, 0.15) is 12.7 Å². The van der Waals surface area contributed by atoms with Crippen LogP contribution >= 0.6 is 0 Å². The maximum atomic E-state index is 10.6. The minimum Gasteiger partial charge on any atom is -0.383 e. The molecule has 0 amide bonds. The Labute approximate surface area is 179 Å². The lowest BCUT2D eigenvalue weighted by molar-refractivity contribution is 0.0170. The van der Waals surface area contributed by atoms with Crippen molar-refractivity contribution in [3.05, 3.63) is 83.4 Å². The summed E-state index contributed by atoms with van der Waals surface area (Å²) >= 11 is 0. The van der Waals surface area contributed by atoms with Crippen molar-refractivity contribution in [3.63, 3.8) is 0 Å². The van der Waals surface area contributed by atoms with Gasteiger partial charge in [0.2, 0.25) is 0 Å². The SMILES string of the molecule is CC(c1ccccc1)n1nnnc1COCC(O)c1nnnn1C(C)c1ccccc1. The highest BCUT2D eigenvalue weighted by Gasteiger charge is 2.22. The van der Waals surface area contributed by atoms with E-state index in [9.17, 15) is 5.11 Å². The van der Waals surface area contributed by atoms with Crippen LogP contribution in [0.3, 0.4) is 0 Å². The van der Waals surface area contributed by atoms with Crippen molar-refractivity contribution >= 4 is 0 Å². The Morgan fingerprint density at radius 1 is 0.806 bits per heavy atom. The van der Waals surface area contributed by atoms with Crippen LogP contribution in [0.5, 0.6) is 0 Å². The largest absolute Gasteiger partial charge is 0.383 e. The van der Waals surface area contributed by atoms with Crippen LogP contribution in [0.15, 0.2) is 60.7 Å². The van der Waals surface area contributed by atoms with Crippen LogP contribution < -0.4 is 0 Å². The summed E-state index contributed by atoms with van der Waals surface area (Å²) in [5.74, 6) is 0.911. The molecule has 31 heavy (non-hydrogen) atoms. The summed E-state index contributed by atoms with van der Waals surface area (Å²) < 4.78 is 9.02. The van der Waals surface area contributed by atoms with Gasteiger partial charge in [-0.15, -0.1) is 10.2 Å². The van der Waals surface area contributed by atoms with Gasteiger partial charge in [0.25, 0.3) is 0 Å². The molecule has 0 spiro atoms. The molecule has 0 aliphatic carbocycles. The van der Waals surface area contributed by atoms with Crippen LogP contribution in [-0.2, 0) is 11.3 Å². The third kappa shape index (κ3) is 4.65. The summed E-state index contributed by atoms with van der Waals surface area (Å²) in [6.45, 7) is 4.15. The minimum absolute atomic E-state index is 0.00839. The van der Waals surface area contributed by atoms with Gasteiger partial charge in [0, 0.05) is 0 Å². The molecule has 0 saturated heterocycles. The van der Waals surface area contributed by atoms with Crippen molar-refractivity contribution < 1.29 is 9.84 Å². The molecule has 3 atom stereocenters. The Balaban J connectivity index is 1.39. The van der Waals surface area contributed by atoms with E-state index in [1.807, 2.05) is 74.5 Å². The Morgan fingerprint density at radius 3 is 2.00 bits per heavy atom.